The average molecular weight is 880 g/mol. The number of nitrogens with zero attached hydrogens (tertiary/aromatic N) is 1. The van der Waals surface area contributed by atoms with Gasteiger partial charge >= 0.3 is 0 Å². The van der Waals surface area contributed by atoms with Gasteiger partial charge in [0.05, 0.1) is 5.41 Å². The van der Waals surface area contributed by atoms with E-state index in [1.165, 1.54) is 98.4 Å². The standard InChI is InChI=1S/C65H53NS/c1-42-28-34-50(35-29-42)65(49-19-9-6-10-20-49)58-25-12-11-21-56(58)63-45(4)54(40-41-59(63)65)53-22-15-26-60(44(53)3)66(51-36-30-47(31-37-51)46-17-7-5-8-18-46)52-38-32-48(33-39-52)55-23-14-24-57-62-43(2)16-13-27-61(62)67-64(55)57/h5-15,17-28,30-43H,16,29H2,1-4H3. The lowest BCUT2D eigenvalue weighted by Crippen LogP contribution is -2.30. The zero-order valence-corrected chi connectivity index (χ0v) is 39.4. The van der Waals surface area contributed by atoms with Crippen molar-refractivity contribution in [2.24, 2.45) is 5.92 Å². The molecule has 67 heavy (non-hydrogen) atoms. The number of hydrogen-bond donors (Lipinski definition) is 0. The second-order valence-corrected chi connectivity index (χ2v) is 20.0. The Kier molecular flexibility index (Phi) is 10.2. The molecule has 12 rings (SSSR count). The molecule has 0 saturated heterocycles. The zero-order valence-electron chi connectivity index (χ0n) is 38.6. The Labute approximate surface area is 399 Å². The van der Waals surface area contributed by atoms with Crippen molar-refractivity contribution in [1.29, 1.82) is 0 Å². The summed E-state index contributed by atoms with van der Waals surface area (Å²) in [5, 5.41) is 1.40. The SMILES string of the molecule is Cc1c(-c2ccc3c(c2C)-c2ccccc2C3(C2=CCC(C)C=C2)c2ccccc2)cccc1N(c1ccc(-c2ccccc2)cc1)c1ccc(-c2cccc3c4c(sc23)C=CCC4C)cc1. The first-order valence-corrected chi connectivity index (χ1v) is 24.8. The second kappa shape index (κ2) is 16.6. The van der Waals surface area contributed by atoms with Crippen molar-refractivity contribution in [3.63, 3.8) is 0 Å². The number of rotatable bonds is 8. The van der Waals surface area contributed by atoms with Gasteiger partial charge < -0.3 is 4.90 Å². The van der Waals surface area contributed by atoms with E-state index in [1.807, 2.05) is 11.3 Å². The Morgan fingerprint density at radius 1 is 0.522 bits per heavy atom. The van der Waals surface area contributed by atoms with Gasteiger partial charge in [-0.15, -0.1) is 11.3 Å². The highest BCUT2D eigenvalue weighted by atomic mass is 32.1. The van der Waals surface area contributed by atoms with E-state index in [4.69, 9.17) is 0 Å². The summed E-state index contributed by atoms with van der Waals surface area (Å²) in [6.45, 7) is 9.34. The largest absolute Gasteiger partial charge is 0.310 e. The molecule has 2 heteroatoms. The van der Waals surface area contributed by atoms with Crippen LogP contribution in [0.15, 0.2) is 212 Å². The molecule has 0 radical (unpaired) electrons. The molecule has 0 spiro atoms. The Morgan fingerprint density at radius 3 is 1.91 bits per heavy atom. The number of allylic oxidation sites excluding steroid dienone is 5. The van der Waals surface area contributed by atoms with Gasteiger partial charge in [-0.05, 0) is 164 Å². The van der Waals surface area contributed by atoms with Gasteiger partial charge in [-0.1, -0.05) is 190 Å². The molecule has 0 aliphatic heterocycles. The summed E-state index contributed by atoms with van der Waals surface area (Å²) in [5.74, 6) is 1.06. The lowest BCUT2D eigenvalue weighted by atomic mass is 9.65. The van der Waals surface area contributed by atoms with E-state index < -0.39 is 5.41 Å². The molecule has 3 unspecified atom stereocenters. The van der Waals surface area contributed by atoms with Gasteiger partial charge in [0.15, 0.2) is 0 Å². The molecule has 0 bridgehead atoms. The molecule has 1 aromatic heterocycles. The van der Waals surface area contributed by atoms with Gasteiger partial charge in [0.1, 0.15) is 0 Å². The predicted octanol–water partition coefficient (Wildman–Crippen LogP) is 18.3. The average Bonchev–Trinajstić information content (AvgIpc) is 3.92. The monoisotopic (exact) mass is 879 g/mol. The fourth-order valence-corrected chi connectivity index (χ4v) is 13.0. The van der Waals surface area contributed by atoms with Crippen molar-refractivity contribution in [2.45, 2.75) is 51.9 Å². The maximum absolute atomic E-state index is 2.50. The number of benzene rings is 8. The van der Waals surface area contributed by atoms with Gasteiger partial charge in [0.25, 0.3) is 0 Å². The first-order chi connectivity index (χ1) is 32.9. The van der Waals surface area contributed by atoms with E-state index in [0.717, 1.165) is 29.9 Å². The highest BCUT2D eigenvalue weighted by molar-refractivity contribution is 7.20. The third kappa shape index (κ3) is 6.64. The summed E-state index contributed by atoms with van der Waals surface area (Å²) in [7, 11) is 0. The second-order valence-electron chi connectivity index (χ2n) is 18.9. The molecule has 0 amide bonds. The molecule has 1 heterocycles. The highest BCUT2D eigenvalue weighted by Gasteiger charge is 2.47. The quantitative estimate of drug-likeness (QED) is 0.147. The number of fused-ring (bicyclic) bond motifs is 6. The van der Waals surface area contributed by atoms with Crippen molar-refractivity contribution in [1.82, 2.24) is 0 Å². The topological polar surface area (TPSA) is 3.24 Å². The maximum atomic E-state index is 2.50. The summed E-state index contributed by atoms with van der Waals surface area (Å²) >= 11 is 1.94. The number of hydrogen-bond acceptors (Lipinski definition) is 2. The third-order valence-electron chi connectivity index (χ3n) is 15.0. The first kappa shape index (κ1) is 41.2. The lowest BCUT2D eigenvalue weighted by molar-refractivity contribution is 0.691. The minimum Gasteiger partial charge on any atom is -0.310 e. The van der Waals surface area contributed by atoms with Crippen LogP contribution in [0, 0.1) is 19.8 Å². The van der Waals surface area contributed by atoms with Crippen LogP contribution in [0.3, 0.4) is 0 Å². The van der Waals surface area contributed by atoms with Crippen LogP contribution < -0.4 is 4.90 Å². The van der Waals surface area contributed by atoms with Crippen LogP contribution in [-0.4, -0.2) is 0 Å². The van der Waals surface area contributed by atoms with Gasteiger partial charge in [-0.3, -0.25) is 0 Å². The van der Waals surface area contributed by atoms with E-state index in [0.29, 0.717) is 11.8 Å². The molecular weight excluding hydrogens is 827 g/mol. The maximum Gasteiger partial charge on any atom is 0.0710 e. The Hall–Kier alpha value is -7.26. The summed E-state index contributed by atoms with van der Waals surface area (Å²) in [4.78, 5) is 3.86. The van der Waals surface area contributed by atoms with Crippen molar-refractivity contribution < 1.29 is 0 Å². The molecule has 1 nitrogen and oxygen atoms in total. The summed E-state index contributed by atoms with van der Waals surface area (Å²) < 4.78 is 1.38. The van der Waals surface area contributed by atoms with Gasteiger partial charge in [0, 0.05) is 26.6 Å². The summed E-state index contributed by atoms with van der Waals surface area (Å²) in [5.41, 5.74) is 22.6. The Balaban J connectivity index is 0.998. The molecule has 8 aromatic carbocycles. The van der Waals surface area contributed by atoms with Crippen LogP contribution in [0.2, 0.25) is 0 Å². The van der Waals surface area contributed by atoms with Crippen molar-refractivity contribution in [3.8, 4) is 44.5 Å². The minimum absolute atomic E-state index is 0.400. The summed E-state index contributed by atoms with van der Waals surface area (Å²) in [6.07, 6.45) is 14.1. The first-order valence-electron chi connectivity index (χ1n) is 24.0. The Morgan fingerprint density at radius 2 is 1.16 bits per heavy atom. The van der Waals surface area contributed by atoms with Crippen LogP contribution in [0.5, 0.6) is 0 Å². The number of thiophene rings is 1. The van der Waals surface area contributed by atoms with E-state index in [-0.39, 0.29) is 0 Å². The van der Waals surface area contributed by atoms with Crippen molar-refractivity contribution in [2.75, 3.05) is 4.90 Å². The van der Waals surface area contributed by atoms with Gasteiger partial charge in [0.2, 0.25) is 0 Å². The molecule has 0 N–H and O–H groups in total. The third-order valence-corrected chi connectivity index (χ3v) is 16.2. The van der Waals surface area contributed by atoms with Gasteiger partial charge in [-0.2, -0.15) is 0 Å². The highest BCUT2D eigenvalue weighted by Crippen LogP contribution is 2.59. The van der Waals surface area contributed by atoms with Crippen LogP contribution in [0.25, 0.3) is 60.7 Å². The summed E-state index contributed by atoms with van der Waals surface area (Å²) in [6, 6.07) is 68.0. The molecule has 324 valence electrons. The van der Waals surface area contributed by atoms with Crippen LogP contribution >= 0.6 is 11.3 Å². The molecule has 3 aliphatic rings. The molecule has 0 fully saturated rings. The molecule has 0 saturated carbocycles. The molecular formula is C65H53NS. The fraction of sp³-hybridized carbons (Fsp3) is 0.138. The van der Waals surface area contributed by atoms with Crippen LogP contribution in [-0.2, 0) is 5.41 Å². The fourth-order valence-electron chi connectivity index (χ4n) is 11.6. The molecule has 3 aliphatic carbocycles. The molecule has 3 atom stereocenters. The smallest absolute Gasteiger partial charge is 0.0710 e. The number of anilines is 3. The predicted molar refractivity (Wildman–Crippen MR) is 287 cm³/mol. The van der Waals surface area contributed by atoms with E-state index in [1.54, 1.807) is 0 Å². The van der Waals surface area contributed by atoms with Crippen molar-refractivity contribution in [3.05, 3.63) is 250 Å². The lowest BCUT2D eigenvalue weighted by Gasteiger charge is -2.36. The van der Waals surface area contributed by atoms with Crippen LogP contribution in [0.1, 0.15) is 70.9 Å². The Bertz CT molecular complexity index is 3440. The van der Waals surface area contributed by atoms with E-state index in [9.17, 15) is 0 Å². The van der Waals surface area contributed by atoms with Gasteiger partial charge in [-0.25, -0.2) is 0 Å². The minimum atomic E-state index is -0.400. The zero-order chi connectivity index (χ0) is 45.2. The van der Waals surface area contributed by atoms with E-state index in [2.05, 4.69) is 245 Å². The van der Waals surface area contributed by atoms with Crippen molar-refractivity contribution >= 4 is 44.6 Å². The molecule has 9 aromatic rings. The van der Waals surface area contributed by atoms with E-state index >= 15 is 0 Å². The van der Waals surface area contributed by atoms with Crippen LogP contribution in [0.4, 0.5) is 17.1 Å². The normalized spacial score (nSPS) is 18.1.